The van der Waals surface area contributed by atoms with Crippen LogP contribution in [0.1, 0.15) is 35.9 Å². The van der Waals surface area contributed by atoms with E-state index >= 15 is 0 Å². The van der Waals surface area contributed by atoms with Gasteiger partial charge < -0.3 is 14.7 Å². The summed E-state index contributed by atoms with van der Waals surface area (Å²) in [6.45, 7) is 7.41. The molecule has 1 amide bonds. The first-order valence-electron chi connectivity index (χ1n) is 9.85. The van der Waals surface area contributed by atoms with E-state index in [-0.39, 0.29) is 11.7 Å². The molecule has 1 aliphatic heterocycles. The zero-order chi connectivity index (χ0) is 20.1. The van der Waals surface area contributed by atoms with Crippen LogP contribution >= 0.6 is 0 Å². The van der Waals surface area contributed by atoms with Crippen LogP contribution in [0.25, 0.3) is 0 Å². The van der Waals surface area contributed by atoms with Crippen LogP contribution in [0.15, 0.2) is 30.3 Å². The summed E-state index contributed by atoms with van der Waals surface area (Å²) in [5.74, 6) is 0.288. The third-order valence-electron chi connectivity index (χ3n) is 5.01. The summed E-state index contributed by atoms with van der Waals surface area (Å²) in [6, 6.07) is 8.58. The van der Waals surface area contributed by atoms with E-state index in [2.05, 4.69) is 21.8 Å². The first-order chi connectivity index (χ1) is 13.5. The van der Waals surface area contributed by atoms with Gasteiger partial charge >= 0.3 is 0 Å². The topological polar surface area (TPSA) is 52.6 Å². The summed E-state index contributed by atoms with van der Waals surface area (Å²) in [6.07, 6.45) is 2.01. The highest BCUT2D eigenvalue weighted by atomic mass is 19.1. The number of aryl methyl sites for hydroxylation is 1. The Morgan fingerprint density at radius 2 is 1.82 bits per heavy atom. The van der Waals surface area contributed by atoms with Gasteiger partial charge in [0, 0.05) is 45.5 Å². The van der Waals surface area contributed by atoms with Crippen molar-refractivity contribution in [3.63, 3.8) is 0 Å². The van der Waals surface area contributed by atoms with Crippen LogP contribution in [0.4, 0.5) is 16.0 Å². The molecule has 7 heteroatoms. The molecule has 2 aromatic rings. The molecule has 0 saturated carbocycles. The van der Waals surface area contributed by atoms with E-state index in [1.807, 2.05) is 24.9 Å². The lowest BCUT2D eigenvalue weighted by atomic mass is 10.2. The lowest BCUT2D eigenvalue weighted by molar-refractivity contribution is 0.0787. The molecular weight excluding hydrogens is 357 g/mol. The number of piperazine rings is 1. The molecular formula is C21H28FN5O. The smallest absolute Gasteiger partial charge is 0.272 e. The van der Waals surface area contributed by atoms with Gasteiger partial charge in [0.1, 0.15) is 11.5 Å². The quantitative estimate of drug-likeness (QED) is 0.765. The number of halogens is 1. The number of amides is 1. The van der Waals surface area contributed by atoms with Gasteiger partial charge in [0.2, 0.25) is 5.95 Å². The number of unbranched alkanes of at least 4 members (excludes halogenated alkanes) is 1. The number of rotatable bonds is 6. The third-order valence-corrected chi connectivity index (χ3v) is 5.01. The first-order valence-corrected chi connectivity index (χ1v) is 9.85. The Morgan fingerprint density at radius 3 is 2.50 bits per heavy atom. The largest absolute Gasteiger partial charge is 0.366 e. The fraction of sp³-hybridized carbons (Fsp3) is 0.476. The molecule has 0 bridgehead atoms. The second-order valence-electron chi connectivity index (χ2n) is 7.20. The molecule has 0 N–H and O–H groups in total. The Morgan fingerprint density at radius 1 is 1.14 bits per heavy atom. The maximum atomic E-state index is 14.0. The molecule has 28 heavy (non-hydrogen) atoms. The molecule has 0 spiro atoms. The molecule has 150 valence electrons. The van der Waals surface area contributed by atoms with Crippen molar-refractivity contribution in [2.45, 2.75) is 26.7 Å². The summed E-state index contributed by atoms with van der Waals surface area (Å²) in [5, 5.41) is 0. The van der Waals surface area contributed by atoms with E-state index in [9.17, 15) is 9.18 Å². The number of carbonyl (C=O) groups excluding carboxylic acids is 1. The molecule has 0 unspecified atom stereocenters. The number of carbonyl (C=O) groups is 1. The van der Waals surface area contributed by atoms with Gasteiger partial charge in [0.15, 0.2) is 0 Å². The van der Waals surface area contributed by atoms with Gasteiger partial charge in [0.05, 0.1) is 5.69 Å². The predicted octanol–water partition coefficient (Wildman–Crippen LogP) is 3.12. The normalized spacial score (nSPS) is 14.3. The number of hydrogen-bond donors (Lipinski definition) is 0. The van der Waals surface area contributed by atoms with Crippen LogP contribution < -0.4 is 9.80 Å². The zero-order valence-electron chi connectivity index (χ0n) is 16.9. The van der Waals surface area contributed by atoms with E-state index in [0.29, 0.717) is 43.5 Å². The van der Waals surface area contributed by atoms with E-state index < -0.39 is 0 Å². The molecule has 2 heterocycles. The second kappa shape index (κ2) is 8.99. The SMILES string of the molecule is CCCCN(C)C(=O)c1cc(C)nc(N2CCN(c3ccccc3F)CC2)n1. The van der Waals surface area contributed by atoms with Gasteiger partial charge in [-0.2, -0.15) is 0 Å². The number of aromatic nitrogens is 2. The van der Waals surface area contributed by atoms with Crippen molar-refractivity contribution in [2.24, 2.45) is 0 Å². The van der Waals surface area contributed by atoms with Crippen LogP contribution in [0, 0.1) is 12.7 Å². The van der Waals surface area contributed by atoms with Gasteiger partial charge in [0.25, 0.3) is 5.91 Å². The number of nitrogens with zero attached hydrogens (tertiary/aromatic N) is 5. The predicted molar refractivity (Wildman–Crippen MR) is 109 cm³/mol. The Kier molecular flexibility index (Phi) is 6.44. The molecule has 0 radical (unpaired) electrons. The van der Waals surface area contributed by atoms with Gasteiger partial charge in [-0.3, -0.25) is 4.79 Å². The Balaban J connectivity index is 1.70. The Hall–Kier alpha value is -2.70. The van der Waals surface area contributed by atoms with Crippen LogP contribution in [-0.4, -0.2) is 60.5 Å². The summed E-state index contributed by atoms with van der Waals surface area (Å²) in [4.78, 5) is 27.6. The lowest BCUT2D eigenvalue weighted by Gasteiger charge is -2.36. The summed E-state index contributed by atoms with van der Waals surface area (Å²) < 4.78 is 14.0. The number of para-hydroxylation sites is 1. The van der Waals surface area contributed by atoms with Crippen molar-refractivity contribution in [2.75, 3.05) is 49.6 Å². The lowest BCUT2D eigenvalue weighted by Crippen LogP contribution is -2.47. The molecule has 1 aliphatic rings. The van der Waals surface area contributed by atoms with Crippen LogP contribution in [0.5, 0.6) is 0 Å². The van der Waals surface area contributed by atoms with Crippen LogP contribution in [-0.2, 0) is 0 Å². The van der Waals surface area contributed by atoms with E-state index in [0.717, 1.165) is 25.1 Å². The number of hydrogen-bond acceptors (Lipinski definition) is 5. The van der Waals surface area contributed by atoms with Gasteiger partial charge in [-0.05, 0) is 31.5 Å². The monoisotopic (exact) mass is 385 g/mol. The maximum absolute atomic E-state index is 14.0. The fourth-order valence-corrected chi connectivity index (χ4v) is 3.35. The second-order valence-corrected chi connectivity index (χ2v) is 7.20. The molecule has 3 rings (SSSR count). The van der Waals surface area contributed by atoms with Crippen molar-refractivity contribution in [3.05, 3.63) is 47.5 Å². The van der Waals surface area contributed by atoms with E-state index in [4.69, 9.17) is 0 Å². The van der Waals surface area contributed by atoms with E-state index in [1.54, 1.807) is 23.1 Å². The van der Waals surface area contributed by atoms with Gasteiger partial charge in [-0.1, -0.05) is 25.5 Å². The zero-order valence-corrected chi connectivity index (χ0v) is 16.9. The Labute approximate surface area is 166 Å². The third kappa shape index (κ3) is 4.58. The summed E-state index contributed by atoms with van der Waals surface area (Å²) >= 11 is 0. The van der Waals surface area contributed by atoms with Crippen molar-refractivity contribution in [1.82, 2.24) is 14.9 Å². The van der Waals surface area contributed by atoms with E-state index in [1.165, 1.54) is 6.07 Å². The average molecular weight is 385 g/mol. The number of benzene rings is 1. The highest BCUT2D eigenvalue weighted by Crippen LogP contribution is 2.22. The first kappa shape index (κ1) is 20.0. The van der Waals surface area contributed by atoms with Crippen molar-refractivity contribution >= 4 is 17.5 Å². The molecule has 0 atom stereocenters. The molecule has 0 aliphatic carbocycles. The summed E-state index contributed by atoms with van der Waals surface area (Å²) in [7, 11) is 1.81. The minimum atomic E-state index is -0.203. The maximum Gasteiger partial charge on any atom is 0.272 e. The highest BCUT2D eigenvalue weighted by molar-refractivity contribution is 5.92. The molecule has 1 aromatic heterocycles. The van der Waals surface area contributed by atoms with Crippen LogP contribution in [0.2, 0.25) is 0 Å². The number of anilines is 2. The summed E-state index contributed by atoms with van der Waals surface area (Å²) in [5.41, 5.74) is 1.83. The van der Waals surface area contributed by atoms with Crippen molar-refractivity contribution < 1.29 is 9.18 Å². The van der Waals surface area contributed by atoms with Crippen molar-refractivity contribution in [1.29, 1.82) is 0 Å². The standard InChI is InChI=1S/C21H28FN5O/c1-4-5-10-25(3)20(28)18-15-16(2)23-21(24-18)27-13-11-26(12-14-27)19-9-7-6-8-17(19)22/h6-9,15H,4-5,10-14H2,1-3H3. The molecule has 6 nitrogen and oxygen atoms in total. The van der Waals surface area contributed by atoms with Gasteiger partial charge in [-0.25, -0.2) is 14.4 Å². The Bertz CT molecular complexity index is 820. The molecule has 1 aromatic carbocycles. The van der Waals surface area contributed by atoms with Crippen molar-refractivity contribution in [3.8, 4) is 0 Å². The van der Waals surface area contributed by atoms with Crippen LogP contribution in [0.3, 0.4) is 0 Å². The van der Waals surface area contributed by atoms with Gasteiger partial charge in [-0.15, -0.1) is 0 Å². The average Bonchev–Trinajstić information content (AvgIpc) is 2.71. The molecule has 1 fully saturated rings. The molecule has 1 saturated heterocycles. The minimum absolute atomic E-state index is 0.0785. The highest BCUT2D eigenvalue weighted by Gasteiger charge is 2.23. The minimum Gasteiger partial charge on any atom is -0.366 e. The fourth-order valence-electron chi connectivity index (χ4n) is 3.35.